The van der Waals surface area contributed by atoms with Gasteiger partial charge in [-0.2, -0.15) is 9.97 Å². The Hall–Kier alpha value is -5.85. The van der Waals surface area contributed by atoms with Crippen LogP contribution in [0.25, 0.3) is 22.3 Å². The van der Waals surface area contributed by atoms with Crippen molar-refractivity contribution in [3.63, 3.8) is 0 Å². The summed E-state index contributed by atoms with van der Waals surface area (Å²) in [5, 5.41) is 6.12. The predicted molar refractivity (Wildman–Crippen MR) is 171 cm³/mol. The first-order valence-corrected chi connectivity index (χ1v) is 14.9. The number of carbonyl (C=O) groups excluding carboxylic acids is 2. The largest absolute Gasteiger partial charge is 0.496 e. The van der Waals surface area contributed by atoms with Crippen LogP contribution in [0.4, 0.5) is 11.8 Å². The van der Waals surface area contributed by atoms with E-state index in [0.717, 1.165) is 11.1 Å². The van der Waals surface area contributed by atoms with Gasteiger partial charge in [-0.05, 0) is 53.6 Å². The van der Waals surface area contributed by atoms with Gasteiger partial charge in [-0.25, -0.2) is 4.98 Å². The maximum Gasteiger partial charge on any atom is 0.258 e. The molecule has 5 heterocycles. The molecule has 0 spiro atoms. The number of nitrogens with zero attached hydrogens (tertiary/aromatic N) is 4. The van der Waals surface area contributed by atoms with Crippen molar-refractivity contribution in [2.24, 2.45) is 0 Å². The molecule has 234 valence electrons. The highest BCUT2D eigenvalue weighted by Gasteiger charge is 2.34. The molecule has 3 aromatic carbocycles. The average Bonchev–Trinajstić information content (AvgIpc) is 3.55. The van der Waals surface area contributed by atoms with Gasteiger partial charge in [0, 0.05) is 37.2 Å². The van der Waals surface area contributed by atoms with Gasteiger partial charge in [0.05, 0.1) is 19.5 Å². The molecule has 13 heteroatoms. The van der Waals surface area contributed by atoms with E-state index in [2.05, 4.69) is 35.5 Å². The van der Waals surface area contributed by atoms with Crippen molar-refractivity contribution in [3.05, 3.63) is 84.2 Å². The quantitative estimate of drug-likeness (QED) is 0.230. The van der Waals surface area contributed by atoms with Gasteiger partial charge in [0.2, 0.25) is 5.95 Å². The molecule has 13 nitrogen and oxygen atoms in total. The fourth-order valence-electron chi connectivity index (χ4n) is 5.81. The number of carbonyl (C=O) groups is 2. The molecule has 0 radical (unpaired) electrons. The van der Waals surface area contributed by atoms with Crippen LogP contribution >= 0.6 is 0 Å². The smallest absolute Gasteiger partial charge is 0.258 e. The summed E-state index contributed by atoms with van der Waals surface area (Å²) >= 11 is 0. The minimum Gasteiger partial charge on any atom is -0.496 e. The number of nitrogens with two attached hydrogens (primary N) is 1. The zero-order chi connectivity index (χ0) is 31.6. The van der Waals surface area contributed by atoms with Crippen LogP contribution in [0, 0.1) is 0 Å². The number of H-pyrrole nitrogens is 1. The van der Waals surface area contributed by atoms with Crippen molar-refractivity contribution >= 4 is 34.7 Å². The SMILES string of the molecule is COc1ccc2cc1-c1cccc(c1)OCC(=O)NCc1ccc(cc1)O[C@@H]1CCN(c3nc(N)nc4nc[nH]c34)C[C@H]1NC2=O. The molecule has 0 unspecified atom stereocenters. The maximum atomic E-state index is 13.9. The summed E-state index contributed by atoms with van der Waals surface area (Å²) in [6, 6.07) is 19.7. The molecule has 1 saturated heterocycles. The van der Waals surface area contributed by atoms with Crippen LogP contribution in [-0.4, -0.2) is 70.7 Å². The van der Waals surface area contributed by atoms with E-state index in [1.807, 2.05) is 42.5 Å². The van der Waals surface area contributed by atoms with Gasteiger partial charge in [0.15, 0.2) is 18.1 Å². The van der Waals surface area contributed by atoms with Crippen molar-refractivity contribution in [2.75, 3.05) is 37.4 Å². The number of amides is 2. The van der Waals surface area contributed by atoms with Gasteiger partial charge in [0.1, 0.15) is 28.9 Å². The summed E-state index contributed by atoms with van der Waals surface area (Å²) < 4.78 is 17.9. The van der Waals surface area contributed by atoms with Gasteiger partial charge < -0.3 is 40.5 Å². The van der Waals surface area contributed by atoms with Crippen LogP contribution < -0.4 is 35.5 Å². The van der Waals surface area contributed by atoms with Gasteiger partial charge in [0.25, 0.3) is 11.8 Å². The van der Waals surface area contributed by atoms with E-state index in [0.29, 0.717) is 71.4 Å². The Labute approximate surface area is 264 Å². The zero-order valence-corrected chi connectivity index (χ0v) is 25.0. The number of hydrogen-bond donors (Lipinski definition) is 4. The number of imidazole rings is 1. The number of nitrogens with one attached hydrogen (secondary N) is 3. The minimum absolute atomic E-state index is 0.115. The van der Waals surface area contributed by atoms with Crippen LogP contribution in [0.15, 0.2) is 73.1 Å². The van der Waals surface area contributed by atoms with E-state index in [1.165, 1.54) is 0 Å². The highest BCUT2D eigenvalue weighted by molar-refractivity contribution is 5.96. The molecule has 5 aromatic rings. The van der Waals surface area contributed by atoms with Crippen molar-refractivity contribution < 1.29 is 23.8 Å². The topological polar surface area (TPSA) is 170 Å². The highest BCUT2D eigenvalue weighted by atomic mass is 16.5. The second-order valence-electron chi connectivity index (χ2n) is 11.1. The van der Waals surface area contributed by atoms with Gasteiger partial charge in [-0.15, -0.1) is 0 Å². The number of nitrogen functional groups attached to an aromatic ring is 1. The lowest BCUT2D eigenvalue weighted by atomic mass is 9.99. The van der Waals surface area contributed by atoms with Crippen molar-refractivity contribution in [2.45, 2.75) is 25.1 Å². The summed E-state index contributed by atoms with van der Waals surface area (Å²) in [4.78, 5) is 44.6. The van der Waals surface area contributed by atoms with E-state index >= 15 is 0 Å². The summed E-state index contributed by atoms with van der Waals surface area (Å²) in [7, 11) is 1.58. The number of piperidine rings is 1. The third-order valence-electron chi connectivity index (χ3n) is 8.13. The number of fused-ring (bicyclic) bond motifs is 8. The van der Waals surface area contributed by atoms with Crippen molar-refractivity contribution in [1.29, 1.82) is 0 Å². The molecule has 3 aliphatic rings. The van der Waals surface area contributed by atoms with Crippen LogP contribution in [0.5, 0.6) is 17.2 Å². The predicted octanol–water partition coefficient (Wildman–Crippen LogP) is 3.08. The zero-order valence-electron chi connectivity index (χ0n) is 25.0. The fraction of sp³-hybridized carbons (Fsp3) is 0.242. The molecule has 0 aliphatic carbocycles. The van der Waals surface area contributed by atoms with E-state index in [9.17, 15) is 9.59 Å². The van der Waals surface area contributed by atoms with Gasteiger partial charge in [-0.1, -0.05) is 24.3 Å². The van der Waals surface area contributed by atoms with Gasteiger partial charge in [-0.3, -0.25) is 9.59 Å². The molecule has 2 atom stereocenters. The molecule has 0 saturated carbocycles. The molecule has 46 heavy (non-hydrogen) atoms. The van der Waals surface area contributed by atoms with E-state index in [4.69, 9.17) is 19.9 Å². The Morgan fingerprint density at radius 2 is 1.87 bits per heavy atom. The highest BCUT2D eigenvalue weighted by Crippen LogP contribution is 2.33. The Morgan fingerprint density at radius 3 is 2.72 bits per heavy atom. The second-order valence-corrected chi connectivity index (χ2v) is 11.1. The number of methoxy groups -OCH3 is 1. The van der Waals surface area contributed by atoms with Crippen LogP contribution in [0.3, 0.4) is 0 Å². The summed E-state index contributed by atoms with van der Waals surface area (Å²) in [5.41, 5.74) is 9.99. The number of anilines is 2. The first-order valence-electron chi connectivity index (χ1n) is 14.9. The standard InChI is InChI=1S/C33H32N8O5/c1-44-26-10-7-21-14-24(26)20-3-2-4-23(13-20)45-17-28(42)35-15-19-5-8-22(9-6-19)46-27-11-12-41(16-25(27)38-32(21)43)31-29-30(37-18-36-29)39-33(34)40-31/h2-10,13-14,18,25,27H,11-12,15-17H2,1H3,(H,35,42)(H,38,43)(H3,34,36,37,39,40)/t25-,27-/m1/s1. The Kier molecular flexibility index (Phi) is 7.71. The number of aromatic nitrogens is 4. The second kappa shape index (κ2) is 12.3. The Bertz CT molecular complexity index is 1910. The molecule has 6 bridgehead atoms. The number of aromatic amines is 1. The lowest BCUT2D eigenvalue weighted by Crippen LogP contribution is -2.57. The first-order chi connectivity index (χ1) is 22.4. The Balaban J connectivity index is 1.25. The lowest BCUT2D eigenvalue weighted by molar-refractivity contribution is -0.123. The number of rotatable bonds is 2. The molecular weight excluding hydrogens is 588 g/mol. The monoisotopic (exact) mass is 620 g/mol. The number of hydrogen-bond acceptors (Lipinski definition) is 10. The normalized spacial score (nSPS) is 18.5. The molecule has 8 rings (SSSR count). The van der Waals surface area contributed by atoms with Crippen molar-refractivity contribution in [1.82, 2.24) is 30.6 Å². The molecule has 5 N–H and O–H groups in total. The van der Waals surface area contributed by atoms with Crippen molar-refractivity contribution in [3.8, 4) is 28.4 Å². The molecule has 3 aliphatic heterocycles. The minimum atomic E-state index is -0.428. The average molecular weight is 621 g/mol. The lowest BCUT2D eigenvalue weighted by Gasteiger charge is -2.39. The van der Waals surface area contributed by atoms with Gasteiger partial charge >= 0.3 is 0 Å². The fourth-order valence-corrected chi connectivity index (χ4v) is 5.81. The summed E-state index contributed by atoms with van der Waals surface area (Å²) in [6.45, 7) is 1.19. The molecule has 1 fully saturated rings. The third-order valence-corrected chi connectivity index (χ3v) is 8.13. The van der Waals surface area contributed by atoms with E-state index < -0.39 is 6.04 Å². The van der Waals surface area contributed by atoms with Crippen LogP contribution in [0.2, 0.25) is 0 Å². The molecule has 2 amide bonds. The summed E-state index contributed by atoms with van der Waals surface area (Å²) in [6.07, 6.45) is 1.79. The first kappa shape index (κ1) is 28.9. The van der Waals surface area contributed by atoms with E-state index in [-0.39, 0.29) is 30.5 Å². The van der Waals surface area contributed by atoms with E-state index in [1.54, 1.807) is 37.7 Å². The summed E-state index contributed by atoms with van der Waals surface area (Å²) in [5.74, 6) is 1.96. The molecular formula is C33H32N8O5. The maximum absolute atomic E-state index is 13.9. The number of ether oxygens (including phenoxy) is 3. The number of benzene rings is 3. The van der Waals surface area contributed by atoms with Crippen LogP contribution in [-0.2, 0) is 11.3 Å². The Morgan fingerprint density at radius 1 is 1.00 bits per heavy atom. The third kappa shape index (κ3) is 5.94. The van der Waals surface area contributed by atoms with Crippen LogP contribution in [0.1, 0.15) is 22.3 Å². The molecule has 2 aromatic heterocycles.